The van der Waals surface area contributed by atoms with Crippen molar-refractivity contribution in [2.45, 2.75) is 6.92 Å². The van der Waals surface area contributed by atoms with Crippen molar-refractivity contribution in [3.05, 3.63) is 41.7 Å². The molecular formula is C11H13ClN6O. The van der Waals surface area contributed by atoms with Crippen LogP contribution in [0.15, 0.2) is 30.3 Å². The number of benzene rings is 1. The summed E-state index contributed by atoms with van der Waals surface area (Å²) < 4.78 is 0. The van der Waals surface area contributed by atoms with Gasteiger partial charge in [0.25, 0.3) is 5.91 Å². The lowest BCUT2D eigenvalue weighted by molar-refractivity contribution is 0.0970. The molecule has 1 amide bonds. The van der Waals surface area contributed by atoms with Gasteiger partial charge in [0.15, 0.2) is 11.7 Å². The van der Waals surface area contributed by atoms with Crippen LogP contribution >= 0.6 is 12.4 Å². The van der Waals surface area contributed by atoms with E-state index in [1.165, 1.54) is 4.80 Å². The Morgan fingerprint density at radius 3 is 2.53 bits per heavy atom. The van der Waals surface area contributed by atoms with Crippen molar-refractivity contribution in [2.24, 2.45) is 5.73 Å². The molecule has 0 aliphatic heterocycles. The quantitative estimate of drug-likeness (QED) is 0.553. The predicted molar refractivity (Wildman–Crippen MR) is 72.7 cm³/mol. The summed E-state index contributed by atoms with van der Waals surface area (Å²) in [6.45, 7) is 1.67. The van der Waals surface area contributed by atoms with E-state index in [-0.39, 0.29) is 18.1 Å². The van der Waals surface area contributed by atoms with Crippen molar-refractivity contribution >= 4 is 24.3 Å². The maximum Gasteiger partial charge on any atom is 0.280 e. The molecule has 0 radical (unpaired) electrons. The van der Waals surface area contributed by atoms with Crippen LogP contribution in [0.25, 0.3) is 5.69 Å². The SMILES string of the molecule is Cc1nn(-c2ccccc2)nc1C(=O)NC(=N)N.Cl. The zero-order chi connectivity index (χ0) is 13.1. The lowest BCUT2D eigenvalue weighted by Gasteiger charge is -1.99. The Hall–Kier alpha value is -2.41. The van der Waals surface area contributed by atoms with Crippen molar-refractivity contribution in [2.75, 3.05) is 0 Å². The highest BCUT2D eigenvalue weighted by Gasteiger charge is 2.16. The number of aromatic nitrogens is 3. The minimum Gasteiger partial charge on any atom is -0.370 e. The lowest BCUT2D eigenvalue weighted by Crippen LogP contribution is -2.36. The topological polar surface area (TPSA) is 110 Å². The molecule has 2 rings (SSSR count). The van der Waals surface area contributed by atoms with Gasteiger partial charge in [-0.15, -0.1) is 17.5 Å². The van der Waals surface area contributed by atoms with Gasteiger partial charge in [-0.05, 0) is 19.1 Å². The van der Waals surface area contributed by atoms with Gasteiger partial charge in [0.1, 0.15) is 0 Å². The molecule has 0 bridgehead atoms. The van der Waals surface area contributed by atoms with Crippen molar-refractivity contribution < 1.29 is 4.79 Å². The molecule has 0 unspecified atom stereocenters. The molecule has 100 valence electrons. The molecule has 8 heteroatoms. The fraction of sp³-hybridized carbons (Fsp3) is 0.0909. The molecule has 0 aliphatic rings. The number of nitrogens with two attached hydrogens (primary N) is 1. The number of guanidine groups is 1. The summed E-state index contributed by atoms with van der Waals surface area (Å²) in [7, 11) is 0. The van der Waals surface area contributed by atoms with Crippen molar-refractivity contribution in [3.8, 4) is 5.69 Å². The first-order valence-corrected chi connectivity index (χ1v) is 5.22. The highest BCUT2D eigenvalue weighted by molar-refractivity contribution is 6.03. The number of nitrogens with one attached hydrogen (secondary N) is 2. The molecule has 0 atom stereocenters. The third kappa shape index (κ3) is 3.29. The number of aryl methyl sites for hydroxylation is 1. The number of halogens is 1. The second-order valence-corrected chi connectivity index (χ2v) is 3.63. The highest BCUT2D eigenvalue weighted by atomic mass is 35.5. The lowest BCUT2D eigenvalue weighted by atomic mass is 10.3. The Kier molecular flexibility index (Phi) is 4.60. The molecule has 0 spiro atoms. The molecule has 0 aliphatic carbocycles. The normalized spacial score (nSPS) is 9.53. The number of carbonyl (C=O) groups excluding carboxylic acids is 1. The van der Waals surface area contributed by atoms with Crippen LogP contribution in [-0.4, -0.2) is 26.9 Å². The minimum absolute atomic E-state index is 0. The Morgan fingerprint density at radius 2 is 1.95 bits per heavy atom. The zero-order valence-electron chi connectivity index (χ0n) is 10.1. The molecule has 0 fully saturated rings. The smallest absolute Gasteiger partial charge is 0.280 e. The van der Waals surface area contributed by atoms with Crippen LogP contribution < -0.4 is 11.1 Å². The van der Waals surface area contributed by atoms with Gasteiger partial charge in [-0.2, -0.15) is 9.90 Å². The monoisotopic (exact) mass is 280 g/mol. The van der Waals surface area contributed by atoms with E-state index < -0.39 is 11.9 Å². The standard InChI is InChI=1S/C11H12N6O.ClH/c1-7-9(10(18)14-11(12)13)16-17(15-7)8-5-3-2-4-6-8;/h2-6H,1H3,(H4,12,13,14,18);1H. The van der Waals surface area contributed by atoms with Gasteiger partial charge in [0.05, 0.1) is 11.4 Å². The Labute approximate surface area is 115 Å². The van der Waals surface area contributed by atoms with Crippen LogP contribution in [0.2, 0.25) is 0 Å². The van der Waals surface area contributed by atoms with Crippen LogP contribution in [0.4, 0.5) is 0 Å². The van der Waals surface area contributed by atoms with Crippen molar-refractivity contribution in [1.29, 1.82) is 5.41 Å². The highest BCUT2D eigenvalue weighted by Crippen LogP contribution is 2.07. The van der Waals surface area contributed by atoms with Gasteiger partial charge in [-0.1, -0.05) is 18.2 Å². The summed E-state index contributed by atoms with van der Waals surface area (Å²) in [5.41, 5.74) is 6.46. The summed E-state index contributed by atoms with van der Waals surface area (Å²) in [6.07, 6.45) is 0. The van der Waals surface area contributed by atoms with E-state index in [9.17, 15) is 4.79 Å². The van der Waals surface area contributed by atoms with E-state index in [0.717, 1.165) is 5.69 Å². The Balaban J connectivity index is 0.00000180. The molecule has 1 aromatic heterocycles. The molecule has 0 saturated carbocycles. The Bertz CT molecular complexity index is 594. The molecule has 2 aromatic rings. The van der Waals surface area contributed by atoms with Crippen LogP contribution in [0.3, 0.4) is 0 Å². The summed E-state index contributed by atoms with van der Waals surface area (Å²) >= 11 is 0. The first kappa shape index (κ1) is 14.7. The van der Waals surface area contributed by atoms with Gasteiger partial charge in [0.2, 0.25) is 0 Å². The predicted octanol–water partition coefficient (Wildman–Crippen LogP) is 0.621. The summed E-state index contributed by atoms with van der Waals surface area (Å²) in [5, 5.41) is 17.4. The first-order chi connectivity index (χ1) is 8.58. The Morgan fingerprint density at radius 1 is 1.32 bits per heavy atom. The summed E-state index contributed by atoms with van der Waals surface area (Å²) in [5.74, 6) is -0.962. The van der Waals surface area contributed by atoms with Gasteiger partial charge in [0, 0.05) is 0 Å². The number of amides is 1. The fourth-order valence-corrected chi connectivity index (χ4v) is 1.45. The van der Waals surface area contributed by atoms with Gasteiger partial charge < -0.3 is 5.73 Å². The maximum atomic E-state index is 11.7. The molecule has 7 nitrogen and oxygen atoms in total. The molecule has 4 N–H and O–H groups in total. The van der Waals surface area contributed by atoms with Gasteiger partial charge in [-0.3, -0.25) is 15.5 Å². The third-order valence-corrected chi connectivity index (χ3v) is 2.23. The largest absolute Gasteiger partial charge is 0.370 e. The third-order valence-electron chi connectivity index (χ3n) is 2.23. The molecule has 1 aromatic carbocycles. The summed E-state index contributed by atoms with van der Waals surface area (Å²) in [4.78, 5) is 13.0. The first-order valence-electron chi connectivity index (χ1n) is 5.22. The second-order valence-electron chi connectivity index (χ2n) is 3.63. The van der Waals surface area contributed by atoms with Gasteiger partial charge >= 0.3 is 0 Å². The minimum atomic E-state index is -0.540. The van der Waals surface area contributed by atoms with E-state index in [0.29, 0.717) is 5.69 Å². The zero-order valence-corrected chi connectivity index (χ0v) is 10.9. The van der Waals surface area contributed by atoms with E-state index in [2.05, 4.69) is 15.5 Å². The second kappa shape index (κ2) is 5.96. The average Bonchev–Trinajstić information content (AvgIpc) is 2.72. The van der Waals surface area contributed by atoms with Gasteiger partial charge in [-0.25, -0.2) is 0 Å². The number of nitrogens with zero attached hydrogens (tertiary/aromatic N) is 3. The van der Waals surface area contributed by atoms with Crippen LogP contribution in [-0.2, 0) is 0 Å². The summed E-state index contributed by atoms with van der Waals surface area (Å²) in [6, 6.07) is 9.23. The number of hydrogen-bond acceptors (Lipinski definition) is 4. The van der Waals surface area contributed by atoms with Crippen LogP contribution in [0.5, 0.6) is 0 Å². The van der Waals surface area contributed by atoms with E-state index >= 15 is 0 Å². The maximum absolute atomic E-state index is 11.7. The number of carbonyl (C=O) groups is 1. The fourth-order valence-electron chi connectivity index (χ4n) is 1.45. The molecule has 1 heterocycles. The number of hydrogen-bond donors (Lipinski definition) is 3. The van der Waals surface area contributed by atoms with Crippen molar-refractivity contribution in [3.63, 3.8) is 0 Å². The van der Waals surface area contributed by atoms with E-state index in [4.69, 9.17) is 11.1 Å². The van der Waals surface area contributed by atoms with Crippen LogP contribution in [0, 0.1) is 12.3 Å². The van der Waals surface area contributed by atoms with E-state index in [1.54, 1.807) is 6.92 Å². The van der Waals surface area contributed by atoms with E-state index in [1.807, 2.05) is 30.3 Å². The molecule has 0 saturated heterocycles. The number of rotatable bonds is 2. The van der Waals surface area contributed by atoms with Crippen LogP contribution in [0.1, 0.15) is 16.2 Å². The number of para-hydroxylation sites is 1. The van der Waals surface area contributed by atoms with Crippen molar-refractivity contribution in [1.82, 2.24) is 20.3 Å². The molecular weight excluding hydrogens is 268 g/mol. The average molecular weight is 281 g/mol. The molecule has 19 heavy (non-hydrogen) atoms.